The fourth-order valence-corrected chi connectivity index (χ4v) is 4.35. The van der Waals surface area contributed by atoms with Crippen molar-refractivity contribution in [2.45, 2.75) is 20.0 Å². The zero-order valence-corrected chi connectivity index (χ0v) is 20.7. The molecule has 3 aromatic rings. The van der Waals surface area contributed by atoms with Gasteiger partial charge in [-0.05, 0) is 86.2 Å². The first kappa shape index (κ1) is 25.8. The highest BCUT2D eigenvalue weighted by atomic mass is 32.1. The maximum atomic E-state index is 13.3. The number of alkyl halides is 3. The Morgan fingerprint density at radius 2 is 1.70 bits per heavy atom. The van der Waals surface area contributed by atoms with Gasteiger partial charge < -0.3 is 9.30 Å². The molecule has 2 heterocycles. The molecule has 0 bridgehead atoms. The summed E-state index contributed by atoms with van der Waals surface area (Å²) in [6, 6.07) is 12.6. The molecule has 0 saturated carbocycles. The Hall–Kier alpha value is -4.25. The van der Waals surface area contributed by atoms with E-state index in [1.807, 2.05) is 11.5 Å². The van der Waals surface area contributed by atoms with Gasteiger partial charge in [0.25, 0.3) is 11.8 Å². The number of nitrogens with zero attached hydrogens (tertiary/aromatic N) is 2. The molecular formula is C26H20F3N3O4S. The average molecular weight is 528 g/mol. The van der Waals surface area contributed by atoms with Gasteiger partial charge in [-0.25, -0.2) is 4.79 Å². The Bertz CT molecular complexity index is 1470. The normalized spacial score (nSPS) is 15.2. The molecule has 1 aliphatic rings. The summed E-state index contributed by atoms with van der Waals surface area (Å²) in [4.78, 5) is 38.6. The van der Waals surface area contributed by atoms with E-state index in [0.717, 1.165) is 34.5 Å². The molecule has 1 saturated heterocycles. The van der Waals surface area contributed by atoms with Crippen molar-refractivity contribution < 1.29 is 32.3 Å². The number of aromatic nitrogens is 1. The Balaban J connectivity index is 1.72. The molecule has 1 N–H and O–H groups in total. The standard InChI is InChI=1S/C26H20F3N3O4S/c1-14-11-17(15(2)31(14)19-9-7-16(8-10-19)24(35)36-3)12-21-22(33)30-25(37)32(23(21)34)20-6-4-5-18(13-20)26(27,28)29/h4-13H,1-3H3,(H,30,33,37)/b21-12+. The van der Waals surface area contributed by atoms with Gasteiger partial charge in [0.15, 0.2) is 5.11 Å². The van der Waals surface area contributed by atoms with E-state index in [0.29, 0.717) is 16.8 Å². The quantitative estimate of drug-likeness (QED) is 0.230. The molecule has 0 radical (unpaired) electrons. The minimum Gasteiger partial charge on any atom is -0.465 e. The summed E-state index contributed by atoms with van der Waals surface area (Å²) in [6.07, 6.45) is -3.24. The third-order valence-corrected chi connectivity index (χ3v) is 6.13. The summed E-state index contributed by atoms with van der Waals surface area (Å²) >= 11 is 5.10. The number of anilines is 1. The minimum absolute atomic E-state index is 0.119. The van der Waals surface area contributed by atoms with Gasteiger partial charge in [0.1, 0.15) is 5.57 Å². The van der Waals surface area contributed by atoms with Crippen LogP contribution in [0.1, 0.15) is 32.9 Å². The molecule has 7 nitrogen and oxygen atoms in total. The molecular weight excluding hydrogens is 507 g/mol. The first-order valence-corrected chi connectivity index (χ1v) is 11.3. The van der Waals surface area contributed by atoms with E-state index >= 15 is 0 Å². The highest BCUT2D eigenvalue weighted by Gasteiger charge is 2.37. The summed E-state index contributed by atoms with van der Waals surface area (Å²) in [5.41, 5.74) is 1.78. The van der Waals surface area contributed by atoms with E-state index in [9.17, 15) is 27.6 Å². The molecule has 37 heavy (non-hydrogen) atoms. The number of carbonyl (C=O) groups excluding carboxylic acids is 3. The predicted molar refractivity (Wildman–Crippen MR) is 134 cm³/mol. The van der Waals surface area contributed by atoms with Crippen LogP contribution in [-0.2, 0) is 20.5 Å². The van der Waals surface area contributed by atoms with Gasteiger partial charge in [0.2, 0.25) is 0 Å². The lowest BCUT2D eigenvalue weighted by Gasteiger charge is -2.29. The molecule has 2 amide bonds. The van der Waals surface area contributed by atoms with Gasteiger partial charge in [-0.15, -0.1) is 0 Å². The second-order valence-corrected chi connectivity index (χ2v) is 8.59. The van der Waals surface area contributed by atoms with Crippen LogP contribution in [0.25, 0.3) is 11.8 Å². The third-order valence-electron chi connectivity index (χ3n) is 5.85. The third kappa shape index (κ3) is 4.90. The number of aryl methyl sites for hydroxylation is 1. The van der Waals surface area contributed by atoms with Crippen LogP contribution in [0, 0.1) is 13.8 Å². The van der Waals surface area contributed by atoms with Crippen LogP contribution in [0.4, 0.5) is 18.9 Å². The van der Waals surface area contributed by atoms with E-state index in [4.69, 9.17) is 17.0 Å². The van der Waals surface area contributed by atoms with Gasteiger partial charge in [-0.2, -0.15) is 13.2 Å². The van der Waals surface area contributed by atoms with Crippen molar-refractivity contribution >= 4 is 46.9 Å². The van der Waals surface area contributed by atoms with Crippen LogP contribution >= 0.6 is 12.2 Å². The first-order valence-electron chi connectivity index (χ1n) is 10.9. The monoisotopic (exact) mass is 527 g/mol. The van der Waals surface area contributed by atoms with Crippen LogP contribution in [0.2, 0.25) is 0 Å². The molecule has 1 aromatic heterocycles. The molecule has 190 valence electrons. The van der Waals surface area contributed by atoms with Crippen molar-refractivity contribution in [2.24, 2.45) is 0 Å². The summed E-state index contributed by atoms with van der Waals surface area (Å²) in [7, 11) is 1.29. The highest BCUT2D eigenvalue weighted by Crippen LogP contribution is 2.33. The van der Waals surface area contributed by atoms with Gasteiger partial charge in [-0.3, -0.25) is 19.8 Å². The minimum atomic E-state index is -4.62. The Labute approximate surface area is 215 Å². The van der Waals surface area contributed by atoms with Crippen molar-refractivity contribution in [1.29, 1.82) is 0 Å². The number of amides is 2. The number of thiocarbonyl (C=S) groups is 1. The van der Waals surface area contributed by atoms with E-state index in [1.165, 1.54) is 19.3 Å². The fraction of sp³-hybridized carbons (Fsp3) is 0.154. The molecule has 1 fully saturated rings. The van der Waals surface area contributed by atoms with E-state index in [2.05, 4.69) is 5.32 Å². The number of rotatable bonds is 4. The van der Waals surface area contributed by atoms with E-state index < -0.39 is 29.5 Å². The van der Waals surface area contributed by atoms with E-state index in [-0.39, 0.29) is 16.4 Å². The van der Waals surface area contributed by atoms with Crippen LogP contribution in [0.3, 0.4) is 0 Å². The molecule has 0 unspecified atom stereocenters. The number of benzene rings is 2. The number of esters is 1. The number of halogens is 3. The topological polar surface area (TPSA) is 80.6 Å². The lowest BCUT2D eigenvalue weighted by Crippen LogP contribution is -2.54. The van der Waals surface area contributed by atoms with Crippen molar-refractivity contribution in [3.8, 4) is 5.69 Å². The van der Waals surface area contributed by atoms with Gasteiger partial charge >= 0.3 is 12.1 Å². The summed E-state index contributed by atoms with van der Waals surface area (Å²) < 4.78 is 46.2. The summed E-state index contributed by atoms with van der Waals surface area (Å²) in [6.45, 7) is 3.62. The fourth-order valence-electron chi connectivity index (χ4n) is 4.06. The maximum absolute atomic E-state index is 13.3. The zero-order chi connectivity index (χ0) is 27.1. The van der Waals surface area contributed by atoms with Crippen LogP contribution < -0.4 is 10.2 Å². The smallest absolute Gasteiger partial charge is 0.416 e. The van der Waals surface area contributed by atoms with Crippen LogP contribution in [0.15, 0.2) is 60.2 Å². The number of ether oxygens (including phenoxy) is 1. The summed E-state index contributed by atoms with van der Waals surface area (Å²) in [5, 5.41) is 2.06. The number of methoxy groups -OCH3 is 1. The average Bonchev–Trinajstić information content (AvgIpc) is 3.13. The lowest BCUT2D eigenvalue weighted by atomic mass is 10.1. The van der Waals surface area contributed by atoms with Crippen molar-refractivity contribution in [1.82, 2.24) is 9.88 Å². The summed E-state index contributed by atoms with van der Waals surface area (Å²) in [5.74, 6) is -2.08. The van der Waals surface area contributed by atoms with Crippen LogP contribution in [0.5, 0.6) is 0 Å². The number of hydrogen-bond acceptors (Lipinski definition) is 5. The van der Waals surface area contributed by atoms with Crippen molar-refractivity contribution in [3.63, 3.8) is 0 Å². The zero-order valence-electron chi connectivity index (χ0n) is 19.8. The Kier molecular flexibility index (Phi) is 6.74. The highest BCUT2D eigenvalue weighted by molar-refractivity contribution is 7.80. The Morgan fingerprint density at radius 1 is 1.03 bits per heavy atom. The van der Waals surface area contributed by atoms with E-state index in [1.54, 1.807) is 37.3 Å². The molecule has 0 atom stereocenters. The second kappa shape index (κ2) is 9.66. The molecule has 0 spiro atoms. The molecule has 0 aliphatic carbocycles. The number of carbonyl (C=O) groups is 3. The number of hydrogen-bond donors (Lipinski definition) is 1. The largest absolute Gasteiger partial charge is 0.465 e. The molecule has 11 heteroatoms. The van der Waals surface area contributed by atoms with Gasteiger partial charge in [-0.1, -0.05) is 6.07 Å². The molecule has 4 rings (SSSR count). The molecule has 2 aromatic carbocycles. The predicted octanol–water partition coefficient (Wildman–Crippen LogP) is 4.73. The first-order chi connectivity index (χ1) is 17.4. The SMILES string of the molecule is COC(=O)c1ccc(-n2c(C)cc(/C=C3\C(=O)NC(=S)N(c4cccc(C(F)(F)F)c4)C3=O)c2C)cc1. The maximum Gasteiger partial charge on any atom is 0.416 e. The van der Waals surface area contributed by atoms with Crippen molar-refractivity contribution in [2.75, 3.05) is 12.0 Å². The van der Waals surface area contributed by atoms with Crippen molar-refractivity contribution in [3.05, 3.63) is 88.2 Å². The van der Waals surface area contributed by atoms with Gasteiger partial charge in [0.05, 0.1) is 23.9 Å². The lowest BCUT2D eigenvalue weighted by molar-refractivity contribution is -0.137. The van der Waals surface area contributed by atoms with Gasteiger partial charge in [0, 0.05) is 17.1 Å². The second-order valence-electron chi connectivity index (χ2n) is 8.21. The molecule has 1 aliphatic heterocycles. The van der Waals surface area contributed by atoms with Crippen LogP contribution in [-0.4, -0.2) is 34.6 Å². The Morgan fingerprint density at radius 3 is 2.32 bits per heavy atom. The number of nitrogens with one attached hydrogen (secondary N) is 1.